The Labute approximate surface area is 177 Å². The van der Waals surface area contributed by atoms with Crippen LogP contribution >= 0.6 is 0 Å². The molecule has 0 aliphatic carbocycles. The number of methoxy groups -OCH3 is 1. The average molecular weight is 421 g/mol. The average Bonchev–Trinajstić information content (AvgIpc) is 3.16. The van der Waals surface area contributed by atoms with Gasteiger partial charge in [0.05, 0.1) is 13.7 Å². The van der Waals surface area contributed by atoms with Crippen molar-refractivity contribution >= 4 is 18.0 Å². The molecule has 0 unspecified atom stereocenters. The topological polar surface area (TPSA) is 94.2 Å². The highest BCUT2D eigenvalue weighted by Crippen LogP contribution is 2.32. The molecule has 1 heterocycles. The molecule has 0 saturated carbocycles. The van der Waals surface area contributed by atoms with Gasteiger partial charge < -0.3 is 19.5 Å². The van der Waals surface area contributed by atoms with Crippen molar-refractivity contribution in [3.8, 4) is 0 Å². The van der Waals surface area contributed by atoms with Crippen molar-refractivity contribution in [2.45, 2.75) is 59.5 Å². The zero-order valence-corrected chi connectivity index (χ0v) is 18.5. The number of esters is 1. The molecule has 2 amide bonds. The van der Waals surface area contributed by atoms with Gasteiger partial charge in [0, 0.05) is 5.41 Å². The number of rotatable bonds is 6. The molecule has 1 aromatic carbocycles. The smallest absolute Gasteiger partial charge is 0.412 e. The highest BCUT2D eigenvalue weighted by atomic mass is 16.6. The van der Waals surface area contributed by atoms with Gasteiger partial charge in [-0.25, -0.2) is 9.59 Å². The van der Waals surface area contributed by atoms with Gasteiger partial charge in [0.25, 0.3) is 0 Å². The lowest BCUT2D eigenvalue weighted by Gasteiger charge is -2.35. The third kappa shape index (κ3) is 5.72. The maximum Gasteiger partial charge on any atom is 0.412 e. The zero-order valence-electron chi connectivity index (χ0n) is 18.5. The molecule has 0 radical (unpaired) electrons. The number of carbonyl (C=O) groups is 3. The second-order valence-corrected chi connectivity index (χ2v) is 8.77. The zero-order chi connectivity index (χ0) is 22.5. The molecule has 30 heavy (non-hydrogen) atoms. The van der Waals surface area contributed by atoms with Crippen molar-refractivity contribution in [2.24, 2.45) is 11.3 Å². The summed E-state index contributed by atoms with van der Waals surface area (Å²) in [7, 11) is 1.27. The molecular formula is C22H32N2O6. The van der Waals surface area contributed by atoms with Crippen LogP contribution in [0.15, 0.2) is 30.3 Å². The van der Waals surface area contributed by atoms with Gasteiger partial charge in [-0.05, 0) is 11.5 Å². The van der Waals surface area contributed by atoms with Gasteiger partial charge in [-0.15, -0.1) is 0 Å². The van der Waals surface area contributed by atoms with Crippen LogP contribution < -0.4 is 5.32 Å². The Morgan fingerprint density at radius 1 is 1.20 bits per heavy atom. The predicted molar refractivity (Wildman–Crippen MR) is 110 cm³/mol. The second-order valence-electron chi connectivity index (χ2n) is 8.77. The Kier molecular flexibility index (Phi) is 7.83. The first-order valence-corrected chi connectivity index (χ1v) is 10.0. The molecule has 1 saturated heterocycles. The molecule has 8 nitrogen and oxygen atoms in total. The fraction of sp³-hybridized carbons (Fsp3) is 0.591. The molecular weight excluding hydrogens is 388 g/mol. The lowest BCUT2D eigenvalue weighted by molar-refractivity contribution is -0.147. The highest BCUT2D eigenvalue weighted by Gasteiger charge is 2.48. The second kappa shape index (κ2) is 9.93. The summed E-state index contributed by atoms with van der Waals surface area (Å²) in [6.07, 6.45) is -1.29. The fourth-order valence-electron chi connectivity index (χ4n) is 3.27. The van der Waals surface area contributed by atoms with Crippen molar-refractivity contribution < 1.29 is 28.6 Å². The first kappa shape index (κ1) is 23.7. The summed E-state index contributed by atoms with van der Waals surface area (Å²) >= 11 is 0. The molecule has 0 aromatic heterocycles. The summed E-state index contributed by atoms with van der Waals surface area (Å²) in [5.41, 5.74) is 0.394. The van der Waals surface area contributed by atoms with E-state index >= 15 is 0 Å². The number of amides is 2. The Morgan fingerprint density at radius 2 is 1.83 bits per heavy atom. The molecule has 1 aliphatic rings. The number of nitrogens with zero attached hydrogens (tertiary/aromatic N) is 1. The SMILES string of the molecule is COC(=O)[C@@H](NC(=O)[C@@H]1CO[C@H](C(C)(C)C)N1C(=O)OCc1ccccc1)C(C)C. The number of hydrogen-bond acceptors (Lipinski definition) is 6. The van der Waals surface area contributed by atoms with Gasteiger partial charge in [-0.2, -0.15) is 0 Å². The molecule has 3 atom stereocenters. The van der Waals surface area contributed by atoms with E-state index in [2.05, 4.69) is 5.32 Å². The van der Waals surface area contributed by atoms with Crippen molar-refractivity contribution in [3.63, 3.8) is 0 Å². The van der Waals surface area contributed by atoms with E-state index in [1.165, 1.54) is 12.0 Å². The van der Waals surface area contributed by atoms with Crippen LogP contribution in [0, 0.1) is 11.3 Å². The van der Waals surface area contributed by atoms with Crippen molar-refractivity contribution in [1.82, 2.24) is 10.2 Å². The van der Waals surface area contributed by atoms with Crippen LogP contribution in [0.1, 0.15) is 40.2 Å². The number of hydrogen-bond donors (Lipinski definition) is 1. The van der Waals surface area contributed by atoms with Crippen LogP contribution in [-0.2, 0) is 30.4 Å². The van der Waals surface area contributed by atoms with Gasteiger partial charge in [0.15, 0.2) is 0 Å². The Hall–Kier alpha value is -2.61. The summed E-state index contributed by atoms with van der Waals surface area (Å²) in [6.45, 7) is 9.45. The summed E-state index contributed by atoms with van der Waals surface area (Å²) in [6, 6.07) is 7.56. The molecule has 0 bridgehead atoms. The highest BCUT2D eigenvalue weighted by molar-refractivity contribution is 5.90. The van der Waals surface area contributed by atoms with Crippen molar-refractivity contribution in [2.75, 3.05) is 13.7 Å². The van der Waals surface area contributed by atoms with E-state index in [1.54, 1.807) is 13.8 Å². The third-order valence-electron chi connectivity index (χ3n) is 4.88. The molecule has 0 spiro atoms. The quantitative estimate of drug-likeness (QED) is 0.711. The van der Waals surface area contributed by atoms with Gasteiger partial charge in [-0.1, -0.05) is 65.0 Å². The fourth-order valence-corrected chi connectivity index (χ4v) is 3.27. The van der Waals surface area contributed by atoms with E-state index in [0.29, 0.717) is 0 Å². The van der Waals surface area contributed by atoms with Crippen LogP contribution in [0.5, 0.6) is 0 Å². The normalized spacial score (nSPS) is 20.0. The molecule has 1 N–H and O–H groups in total. The van der Waals surface area contributed by atoms with Crippen LogP contribution in [0.4, 0.5) is 4.79 Å². The largest absolute Gasteiger partial charge is 0.467 e. The monoisotopic (exact) mass is 420 g/mol. The summed E-state index contributed by atoms with van der Waals surface area (Å²) in [4.78, 5) is 39.3. The maximum atomic E-state index is 13.0. The first-order chi connectivity index (χ1) is 14.1. The first-order valence-electron chi connectivity index (χ1n) is 10.0. The Morgan fingerprint density at radius 3 is 2.37 bits per heavy atom. The summed E-state index contributed by atoms with van der Waals surface area (Å²) in [5.74, 6) is -1.20. The number of ether oxygens (including phenoxy) is 3. The summed E-state index contributed by atoms with van der Waals surface area (Å²) < 4.78 is 16.1. The minimum atomic E-state index is -0.914. The van der Waals surface area contributed by atoms with Gasteiger partial charge in [0.1, 0.15) is 24.9 Å². The van der Waals surface area contributed by atoms with Crippen LogP contribution in [0.3, 0.4) is 0 Å². The lowest BCUT2D eigenvalue weighted by atomic mass is 9.93. The molecule has 2 rings (SSSR count). The van der Waals surface area contributed by atoms with Crippen LogP contribution in [0.2, 0.25) is 0 Å². The third-order valence-corrected chi connectivity index (χ3v) is 4.88. The molecule has 1 aromatic rings. The van der Waals surface area contributed by atoms with E-state index < -0.39 is 41.7 Å². The Bertz CT molecular complexity index is 744. The molecule has 1 fully saturated rings. The van der Waals surface area contributed by atoms with Gasteiger partial charge in [-0.3, -0.25) is 9.69 Å². The van der Waals surface area contributed by atoms with E-state index in [-0.39, 0.29) is 19.1 Å². The Balaban J connectivity index is 2.18. The molecule has 8 heteroatoms. The van der Waals surface area contributed by atoms with Gasteiger partial charge >= 0.3 is 12.1 Å². The minimum absolute atomic E-state index is 0.0141. The van der Waals surface area contributed by atoms with E-state index in [1.807, 2.05) is 51.1 Å². The van der Waals surface area contributed by atoms with E-state index in [0.717, 1.165) is 5.56 Å². The van der Waals surface area contributed by atoms with Crippen LogP contribution in [-0.4, -0.2) is 54.9 Å². The van der Waals surface area contributed by atoms with E-state index in [4.69, 9.17) is 14.2 Å². The number of carbonyl (C=O) groups excluding carboxylic acids is 3. The van der Waals surface area contributed by atoms with Crippen molar-refractivity contribution in [1.29, 1.82) is 0 Å². The predicted octanol–water partition coefficient (Wildman–Crippen LogP) is 2.71. The van der Waals surface area contributed by atoms with E-state index in [9.17, 15) is 14.4 Å². The molecule has 1 aliphatic heterocycles. The number of nitrogens with one attached hydrogen (secondary N) is 1. The summed E-state index contributed by atoms with van der Waals surface area (Å²) in [5, 5.41) is 2.70. The molecule has 166 valence electrons. The van der Waals surface area contributed by atoms with Crippen molar-refractivity contribution in [3.05, 3.63) is 35.9 Å². The maximum absolute atomic E-state index is 13.0. The standard InChI is InChI=1S/C22H32N2O6/c1-14(2)17(19(26)28-6)23-18(25)16-13-29-20(22(3,4)5)24(16)21(27)30-12-15-10-8-7-9-11-15/h7-11,14,16-17,20H,12-13H2,1-6H3,(H,23,25)/t16-,17-,20+/m0/s1. The van der Waals surface area contributed by atoms with Gasteiger partial charge in [0.2, 0.25) is 5.91 Å². The lowest BCUT2D eigenvalue weighted by Crippen LogP contribution is -2.56. The minimum Gasteiger partial charge on any atom is -0.467 e. The number of benzene rings is 1. The van der Waals surface area contributed by atoms with Crippen LogP contribution in [0.25, 0.3) is 0 Å².